The first-order chi connectivity index (χ1) is 7.38. The highest BCUT2D eigenvalue weighted by Crippen LogP contribution is 2.20. The average molecular weight is 202 g/mol. The third kappa shape index (κ3) is 2.82. The maximum absolute atomic E-state index is 10.4. The van der Waals surface area contributed by atoms with Gasteiger partial charge in [0.15, 0.2) is 0 Å². The van der Waals surface area contributed by atoms with Crippen molar-refractivity contribution in [1.82, 2.24) is 4.90 Å². The van der Waals surface area contributed by atoms with Crippen molar-refractivity contribution >= 4 is 6.41 Å². The maximum atomic E-state index is 10.4. The number of nitrogens with zero attached hydrogens (tertiary/aromatic N) is 1. The van der Waals surface area contributed by atoms with Gasteiger partial charge in [-0.2, -0.15) is 0 Å². The van der Waals surface area contributed by atoms with Crippen LogP contribution in [0.2, 0.25) is 0 Å². The Morgan fingerprint density at radius 1 is 1.20 bits per heavy atom. The monoisotopic (exact) mass is 202 g/mol. The summed E-state index contributed by atoms with van der Waals surface area (Å²) < 4.78 is 0. The Morgan fingerprint density at radius 2 is 1.87 bits per heavy atom. The summed E-state index contributed by atoms with van der Waals surface area (Å²) >= 11 is 0. The summed E-state index contributed by atoms with van der Waals surface area (Å²) in [5.41, 5.74) is 1.41. The highest BCUT2D eigenvalue weighted by Gasteiger charge is 2.18. The van der Waals surface area contributed by atoms with Gasteiger partial charge < -0.3 is 4.90 Å². The lowest BCUT2D eigenvalue weighted by Crippen LogP contribution is -2.33. The quantitative estimate of drug-likeness (QED) is 0.734. The molecule has 0 atom stereocenters. The van der Waals surface area contributed by atoms with Gasteiger partial charge in [-0.1, -0.05) is 30.3 Å². The van der Waals surface area contributed by atoms with Crippen molar-refractivity contribution in [1.29, 1.82) is 0 Å². The molecule has 2 rings (SSSR count). The molecule has 1 radical (unpaired) electrons. The minimum Gasteiger partial charge on any atom is -0.334 e. The molecule has 1 aromatic rings. The topological polar surface area (TPSA) is 20.3 Å². The van der Waals surface area contributed by atoms with Crippen LogP contribution >= 0.6 is 0 Å². The van der Waals surface area contributed by atoms with Gasteiger partial charge in [0.25, 0.3) is 0 Å². The number of piperidine rings is 1. The molecule has 0 N–H and O–H groups in total. The molecule has 0 saturated carbocycles. The molecular formula is C13H16NO. The summed E-state index contributed by atoms with van der Waals surface area (Å²) in [5, 5.41) is 0. The molecule has 0 spiro atoms. The van der Waals surface area contributed by atoms with E-state index >= 15 is 0 Å². The molecule has 0 unspecified atom stereocenters. The molecule has 0 aromatic heterocycles. The Morgan fingerprint density at radius 3 is 2.47 bits per heavy atom. The zero-order valence-corrected chi connectivity index (χ0v) is 8.86. The van der Waals surface area contributed by atoms with Crippen LogP contribution in [0.25, 0.3) is 0 Å². The van der Waals surface area contributed by atoms with E-state index in [1.807, 2.05) is 12.5 Å². The summed E-state index contributed by atoms with van der Waals surface area (Å²) in [7, 11) is 0. The molecule has 79 valence electrons. The van der Waals surface area contributed by atoms with E-state index in [1.54, 1.807) is 4.90 Å². The Hall–Kier alpha value is -1.31. The van der Waals surface area contributed by atoms with Crippen LogP contribution in [0.4, 0.5) is 0 Å². The molecule has 1 aliphatic rings. The van der Waals surface area contributed by atoms with Gasteiger partial charge in [-0.3, -0.25) is 4.79 Å². The van der Waals surface area contributed by atoms with Crippen molar-refractivity contribution in [2.24, 2.45) is 5.92 Å². The minimum atomic E-state index is 0.733. The van der Waals surface area contributed by atoms with Crippen molar-refractivity contribution < 1.29 is 4.79 Å². The second kappa shape index (κ2) is 4.96. The number of amides is 1. The average Bonchev–Trinajstić information content (AvgIpc) is 2.31. The van der Waals surface area contributed by atoms with Gasteiger partial charge in [-0.15, -0.1) is 0 Å². The predicted octanol–water partition coefficient (Wildman–Crippen LogP) is 2.01. The first-order valence-corrected chi connectivity index (χ1v) is 5.55. The lowest BCUT2D eigenvalue weighted by molar-refractivity contribution is 0.256. The van der Waals surface area contributed by atoms with E-state index in [-0.39, 0.29) is 0 Å². The van der Waals surface area contributed by atoms with E-state index in [1.165, 1.54) is 5.56 Å². The van der Waals surface area contributed by atoms with E-state index < -0.39 is 0 Å². The summed E-state index contributed by atoms with van der Waals surface area (Å²) in [6, 6.07) is 10.6. The molecule has 1 fully saturated rings. The largest absolute Gasteiger partial charge is 0.334 e. The summed E-state index contributed by atoms with van der Waals surface area (Å²) in [6.07, 6.45) is 5.35. The summed E-state index contributed by atoms with van der Waals surface area (Å²) in [6.45, 7) is 1.75. The highest BCUT2D eigenvalue weighted by atomic mass is 16.1. The SMILES string of the molecule is O=[C]N1CCC(Cc2ccccc2)CC1. The third-order valence-corrected chi connectivity index (χ3v) is 3.11. The van der Waals surface area contributed by atoms with Crippen LogP contribution in [0.1, 0.15) is 18.4 Å². The van der Waals surface area contributed by atoms with E-state index in [9.17, 15) is 4.79 Å². The van der Waals surface area contributed by atoms with E-state index in [0.29, 0.717) is 0 Å². The fourth-order valence-electron chi connectivity index (χ4n) is 2.18. The lowest BCUT2D eigenvalue weighted by atomic mass is 9.90. The van der Waals surface area contributed by atoms with Crippen LogP contribution < -0.4 is 0 Å². The summed E-state index contributed by atoms with van der Waals surface area (Å²) in [5.74, 6) is 0.733. The van der Waals surface area contributed by atoms with Gasteiger partial charge in [0.1, 0.15) is 0 Å². The normalized spacial score (nSPS) is 17.7. The Balaban J connectivity index is 1.85. The van der Waals surface area contributed by atoms with E-state index in [4.69, 9.17) is 0 Å². The first-order valence-electron chi connectivity index (χ1n) is 5.55. The fourth-order valence-corrected chi connectivity index (χ4v) is 2.18. The first kappa shape index (κ1) is 10.2. The van der Waals surface area contributed by atoms with Gasteiger partial charge in [0.2, 0.25) is 0 Å². The highest BCUT2D eigenvalue weighted by molar-refractivity contribution is 5.48. The van der Waals surface area contributed by atoms with Gasteiger partial charge >= 0.3 is 6.41 Å². The number of likely N-dealkylation sites (tertiary alicyclic amines) is 1. The molecule has 1 heterocycles. The van der Waals surface area contributed by atoms with Crippen molar-refractivity contribution in [3.8, 4) is 0 Å². The molecule has 1 saturated heterocycles. The second-order valence-electron chi connectivity index (χ2n) is 4.21. The molecule has 0 bridgehead atoms. The molecular weight excluding hydrogens is 186 g/mol. The van der Waals surface area contributed by atoms with Gasteiger partial charge in [-0.25, -0.2) is 0 Å². The van der Waals surface area contributed by atoms with Crippen molar-refractivity contribution in [2.45, 2.75) is 19.3 Å². The standard InChI is InChI=1S/C13H16NO/c15-11-14-8-6-13(7-9-14)10-12-4-2-1-3-5-12/h1-5,13H,6-10H2. The second-order valence-corrected chi connectivity index (χ2v) is 4.21. The predicted molar refractivity (Wildman–Crippen MR) is 60.1 cm³/mol. The van der Waals surface area contributed by atoms with Crippen LogP contribution in [0.5, 0.6) is 0 Å². The number of benzene rings is 1. The Labute approximate surface area is 90.9 Å². The van der Waals surface area contributed by atoms with Crippen LogP contribution in [0, 0.1) is 5.92 Å². The van der Waals surface area contributed by atoms with Crippen LogP contribution in [0.15, 0.2) is 30.3 Å². The smallest absolute Gasteiger partial charge is 0.312 e. The van der Waals surface area contributed by atoms with Crippen LogP contribution in [-0.2, 0) is 11.2 Å². The van der Waals surface area contributed by atoms with Crippen molar-refractivity contribution in [2.75, 3.05) is 13.1 Å². The van der Waals surface area contributed by atoms with E-state index in [0.717, 1.165) is 38.3 Å². The maximum Gasteiger partial charge on any atom is 0.312 e. The zero-order valence-electron chi connectivity index (χ0n) is 8.86. The number of carbonyl (C=O) groups excluding carboxylic acids is 1. The molecule has 2 nitrogen and oxygen atoms in total. The lowest BCUT2D eigenvalue weighted by Gasteiger charge is -2.28. The molecule has 1 aliphatic heterocycles. The van der Waals surface area contributed by atoms with Crippen molar-refractivity contribution in [3.63, 3.8) is 0 Å². The van der Waals surface area contributed by atoms with E-state index in [2.05, 4.69) is 24.3 Å². The molecule has 2 heteroatoms. The van der Waals surface area contributed by atoms with Crippen LogP contribution in [-0.4, -0.2) is 24.4 Å². The number of rotatable bonds is 3. The van der Waals surface area contributed by atoms with Crippen LogP contribution in [0.3, 0.4) is 0 Å². The van der Waals surface area contributed by atoms with Gasteiger partial charge in [0, 0.05) is 13.1 Å². The molecule has 0 aliphatic carbocycles. The molecule has 1 amide bonds. The van der Waals surface area contributed by atoms with Crippen molar-refractivity contribution in [3.05, 3.63) is 35.9 Å². The van der Waals surface area contributed by atoms with Gasteiger partial charge in [0.05, 0.1) is 0 Å². The fraction of sp³-hybridized carbons (Fsp3) is 0.462. The third-order valence-electron chi connectivity index (χ3n) is 3.11. The van der Waals surface area contributed by atoms with Gasteiger partial charge in [-0.05, 0) is 30.7 Å². The summed E-state index contributed by atoms with van der Waals surface area (Å²) in [4.78, 5) is 12.2. The zero-order chi connectivity index (χ0) is 10.5. The Kier molecular flexibility index (Phi) is 3.38. The number of hydrogen-bond acceptors (Lipinski definition) is 1. The number of hydrogen-bond donors (Lipinski definition) is 0. The molecule has 15 heavy (non-hydrogen) atoms. The molecule has 1 aromatic carbocycles. The minimum absolute atomic E-state index is 0.733. The Bertz CT molecular complexity index is 302.